The number of benzene rings is 3. The van der Waals surface area contributed by atoms with E-state index in [9.17, 15) is 17.6 Å². The van der Waals surface area contributed by atoms with E-state index in [4.69, 9.17) is 4.74 Å². The SMILES string of the molecule is Cc1ccc(OCCNC(=O)C(Cc2ccccc2)NS(=O)(=O)c2ccccc2F)cc1. The molecule has 0 aliphatic rings. The molecular formula is C24H25FN2O4S. The van der Waals surface area contributed by atoms with Crippen LogP contribution in [0.4, 0.5) is 4.39 Å². The minimum absolute atomic E-state index is 0.110. The number of sulfonamides is 1. The lowest BCUT2D eigenvalue weighted by molar-refractivity contribution is -0.122. The van der Waals surface area contributed by atoms with Crippen molar-refractivity contribution in [1.82, 2.24) is 10.0 Å². The van der Waals surface area contributed by atoms with E-state index in [0.29, 0.717) is 5.75 Å². The Kier molecular flexibility index (Phi) is 7.97. The molecule has 3 aromatic carbocycles. The highest BCUT2D eigenvalue weighted by atomic mass is 32.2. The molecule has 3 aromatic rings. The Morgan fingerprint density at radius 3 is 2.31 bits per heavy atom. The van der Waals surface area contributed by atoms with Gasteiger partial charge in [0, 0.05) is 0 Å². The summed E-state index contributed by atoms with van der Waals surface area (Å²) in [5, 5.41) is 2.69. The number of carbonyl (C=O) groups is 1. The van der Waals surface area contributed by atoms with Gasteiger partial charge in [0.15, 0.2) is 0 Å². The monoisotopic (exact) mass is 456 g/mol. The van der Waals surface area contributed by atoms with E-state index in [-0.39, 0.29) is 19.6 Å². The van der Waals surface area contributed by atoms with Crippen molar-refractivity contribution in [3.05, 3.63) is 95.8 Å². The van der Waals surface area contributed by atoms with Crippen LogP contribution in [0.2, 0.25) is 0 Å². The zero-order valence-electron chi connectivity index (χ0n) is 17.6. The zero-order valence-corrected chi connectivity index (χ0v) is 18.4. The molecule has 168 valence electrons. The van der Waals surface area contributed by atoms with Gasteiger partial charge in [-0.3, -0.25) is 4.79 Å². The lowest BCUT2D eigenvalue weighted by Crippen LogP contribution is -2.48. The van der Waals surface area contributed by atoms with Crippen molar-refractivity contribution < 1.29 is 22.3 Å². The van der Waals surface area contributed by atoms with Crippen LogP contribution in [0.3, 0.4) is 0 Å². The molecule has 0 aliphatic carbocycles. The Balaban J connectivity index is 1.67. The van der Waals surface area contributed by atoms with E-state index in [0.717, 1.165) is 23.3 Å². The molecule has 0 heterocycles. The first-order valence-corrected chi connectivity index (χ1v) is 11.6. The van der Waals surface area contributed by atoms with Crippen LogP contribution in [0.5, 0.6) is 5.75 Å². The summed E-state index contributed by atoms with van der Waals surface area (Å²) in [6, 6.07) is 20.4. The number of nitrogens with one attached hydrogen (secondary N) is 2. The van der Waals surface area contributed by atoms with Gasteiger partial charge in [-0.05, 0) is 43.2 Å². The highest BCUT2D eigenvalue weighted by molar-refractivity contribution is 7.89. The average molecular weight is 457 g/mol. The van der Waals surface area contributed by atoms with E-state index in [1.54, 1.807) is 24.3 Å². The number of aryl methyl sites for hydroxylation is 1. The molecule has 0 aromatic heterocycles. The fourth-order valence-electron chi connectivity index (χ4n) is 3.05. The normalized spacial score (nSPS) is 12.2. The summed E-state index contributed by atoms with van der Waals surface area (Å²) < 4.78 is 47.5. The van der Waals surface area contributed by atoms with Crippen molar-refractivity contribution in [2.45, 2.75) is 24.3 Å². The van der Waals surface area contributed by atoms with Crippen molar-refractivity contribution >= 4 is 15.9 Å². The molecule has 1 amide bonds. The number of carbonyl (C=O) groups excluding carboxylic acids is 1. The van der Waals surface area contributed by atoms with Gasteiger partial charge in [-0.15, -0.1) is 0 Å². The minimum Gasteiger partial charge on any atom is -0.492 e. The topological polar surface area (TPSA) is 84.5 Å². The fraction of sp³-hybridized carbons (Fsp3) is 0.208. The van der Waals surface area contributed by atoms with Gasteiger partial charge >= 0.3 is 0 Å². The second-order valence-corrected chi connectivity index (χ2v) is 8.93. The van der Waals surface area contributed by atoms with Crippen molar-refractivity contribution in [2.24, 2.45) is 0 Å². The molecule has 0 saturated heterocycles. The third-order valence-corrected chi connectivity index (χ3v) is 6.22. The lowest BCUT2D eigenvalue weighted by atomic mass is 10.1. The van der Waals surface area contributed by atoms with E-state index < -0.39 is 32.7 Å². The first kappa shape index (κ1) is 23.4. The van der Waals surface area contributed by atoms with E-state index in [2.05, 4.69) is 10.0 Å². The van der Waals surface area contributed by atoms with Crippen LogP contribution in [-0.2, 0) is 21.2 Å². The van der Waals surface area contributed by atoms with E-state index >= 15 is 0 Å². The van der Waals surface area contributed by atoms with Crippen molar-refractivity contribution in [3.8, 4) is 5.75 Å². The molecule has 2 N–H and O–H groups in total. The summed E-state index contributed by atoms with van der Waals surface area (Å²) in [6.07, 6.45) is 0.110. The predicted octanol–water partition coefficient (Wildman–Crippen LogP) is 3.22. The van der Waals surface area contributed by atoms with Gasteiger partial charge in [-0.25, -0.2) is 12.8 Å². The second kappa shape index (κ2) is 10.9. The standard InChI is InChI=1S/C24H25FN2O4S/c1-18-11-13-20(14-12-18)31-16-15-26-24(28)22(17-19-7-3-2-4-8-19)27-32(29,30)23-10-6-5-9-21(23)25/h2-14,22,27H,15-17H2,1H3,(H,26,28). The third kappa shape index (κ3) is 6.63. The van der Waals surface area contributed by atoms with Gasteiger partial charge in [0.1, 0.15) is 29.1 Å². The van der Waals surface area contributed by atoms with Crippen LogP contribution in [0.25, 0.3) is 0 Å². The lowest BCUT2D eigenvalue weighted by Gasteiger charge is -2.19. The van der Waals surface area contributed by atoms with Crippen molar-refractivity contribution in [2.75, 3.05) is 13.2 Å². The highest BCUT2D eigenvalue weighted by Crippen LogP contribution is 2.15. The third-order valence-electron chi connectivity index (χ3n) is 4.71. The Morgan fingerprint density at radius 1 is 0.969 bits per heavy atom. The molecule has 8 heteroatoms. The molecule has 0 spiro atoms. The number of rotatable bonds is 10. The van der Waals surface area contributed by atoms with Gasteiger partial charge in [0.2, 0.25) is 15.9 Å². The summed E-state index contributed by atoms with van der Waals surface area (Å²) in [4.78, 5) is 12.3. The maximum atomic E-state index is 14.1. The van der Waals surface area contributed by atoms with E-state index in [1.807, 2.05) is 37.3 Å². The molecule has 0 saturated carbocycles. The molecule has 32 heavy (non-hydrogen) atoms. The van der Waals surface area contributed by atoms with Gasteiger partial charge in [-0.2, -0.15) is 4.72 Å². The van der Waals surface area contributed by atoms with Crippen molar-refractivity contribution in [1.29, 1.82) is 0 Å². The van der Waals surface area contributed by atoms with E-state index in [1.165, 1.54) is 12.1 Å². The number of amides is 1. The van der Waals surface area contributed by atoms with Crippen LogP contribution in [0, 0.1) is 12.7 Å². The first-order chi connectivity index (χ1) is 15.3. The predicted molar refractivity (Wildman–Crippen MR) is 120 cm³/mol. The van der Waals surface area contributed by atoms with Crippen LogP contribution in [0.1, 0.15) is 11.1 Å². The second-order valence-electron chi connectivity index (χ2n) is 7.25. The number of hydrogen-bond acceptors (Lipinski definition) is 4. The molecule has 0 aliphatic heterocycles. The van der Waals surface area contributed by atoms with Crippen LogP contribution < -0.4 is 14.8 Å². The summed E-state index contributed by atoms with van der Waals surface area (Å²) in [7, 11) is -4.25. The minimum atomic E-state index is -4.25. The van der Waals surface area contributed by atoms with Crippen LogP contribution in [0.15, 0.2) is 83.8 Å². The summed E-state index contributed by atoms with van der Waals surface area (Å²) >= 11 is 0. The Hall–Kier alpha value is -3.23. The Labute approximate surface area is 187 Å². The summed E-state index contributed by atoms with van der Waals surface area (Å²) in [5.41, 5.74) is 1.87. The summed E-state index contributed by atoms with van der Waals surface area (Å²) in [6.45, 7) is 2.37. The van der Waals surface area contributed by atoms with Crippen LogP contribution in [-0.4, -0.2) is 33.5 Å². The molecule has 0 radical (unpaired) electrons. The number of hydrogen-bond donors (Lipinski definition) is 2. The maximum Gasteiger partial charge on any atom is 0.244 e. The molecule has 0 bridgehead atoms. The zero-order chi connectivity index (χ0) is 23.0. The average Bonchev–Trinajstić information content (AvgIpc) is 2.78. The molecule has 3 rings (SSSR count). The number of halogens is 1. The molecule has 1 unspecified atom stereocenters. The molecule has 6 nitrogen and oxygen atoms in total. The van der Waals surface area contributed by atoms with Crippen molar-refractivity contribution in [3.63, 3.8) is 0 Å². The quantitative estimate of drug-likeness (QED) is 0.459. The molecule has 0 fully saturated rings. The van der Waals surface area contributed by atoms with Crippen LogP contribution >= 0.6 is 0 Å². The first-order valence-electron chi connectivity index (χ1n) is 10.1. The Morgan fingerprint density at radius 2 is 1.62 bits per heavy atom. The Bertz CT molecular complexity index is 1140. The number of ether oxygens (including phenoxy) is 1. The summed E-state index contributed by atoms with van der Waals surface area (Å²) in [5.74, 6) is -0.738. The van der Waals surface area contributed by atoms with Gasteiger partial charge in [-0.1, -0.05) is 60.2 Å². The van der Waals surface area contributed by atoms with Gasteiger partial charge in [0.05, 0.1) is 6.54 Å². The largest absolute Gasteiger partial charge is 0.492 e. The maximum absolute atomic E-state index is 14.1. The molecular weight excluding hydrogens is 431 g/mol. The van der Waals surface area contributed by atoms with Gasteiger partial charge < -0.3 is 10.1 Å². The highest BCUT2D eigenvalue weighted by Gasteiger charge is 2.27. The molecule has 1 atom stereocenters. The smallest absolute Gasteiger partial charge is 0.244 e. The fourth-order valence-corrected chi connectivity index (χ4v) is 4.33. The van der Waals surface area contributed by atoms with Gasteiger partial charge in [0.25, 0.3) is 0 Å².